The Morgan fingerprint density at radius 1 is 0.973 bits per heavy atom. The zero-order valence-corrected chi connectivity index (χ0v) is 21.7. The van der Waals surface area contributed by atoms with Crippen LogP contribution in [-0.2, 0) is 0 Å². The van der Waals surface area contributed by atoms with Crippen LogP contribution in [0.25, 0.3) is 22.2 Å². The highest BCUT2D eigenvalue weighted by atomic mass is 16.5. The Balaban J connectivity index is 1.36. The Morgan fingerprint density at radius 2 is 1.73 bits per heavy atom. The Kier molecular flexibility index (Phi) is 7.32. The fourth-order valence-electron chi connectivity index (χ4n) is 4.56. The molecule has 0 saturated carbocycles. The van der Waals surface area contributed by atoms with E-state index in [-0.39, 0.29) is 5.91 Å². The van der Waals surface area contributed by atoms with Crippen LogP contribution in [0.2, 0.25) is 0 Å². The number of ether oxygens (including phenoxy) is 1. The van der Waals surface area contributed by atoms with Gasteiger partial charge in [-0.05, 0) is 80.9 Å². The van der Waals surface area contributed by atoms with Crippen molar-refractivity contribution in [1.29, 1.82) is 0 Å². The van der Waals surface area contributed by atoms with E-state index >= 15 is 0 Å². The van der Waals surface area contributed by atoms with E-state index in [1.165, 1.54) is 11.1 Å². The number of amides is 1. The second-order valence-electron chi connectivity index (χ2n) is 9.75. The molecule has 0 unspecified atom stereocenters. The van der Waals surface area contributed by atoms with Gasteiger partial charge < -0.3 is 19.9 Å². The van der Waals surface area contributed by atoms with Crippen molar-refractivity contribution in [3.05, 3.63) is 77.9 Å². The van der Waals surface area contributed by atoms with Gasteiger partial charge in [-0.1, -0.05) is 36.4 Å². The van der Waals surface area contributed by atoms with E-state index in [4.69, 9.17) is 14.7 Å². The van der Waals surface area contributed by atoms with Crippen LogP contribution in [0.5, 0.6) is 5.88 Å². The van der Waals surface area contributed by atoms with Gasteiger partial charge in [0.1, 0.15) is 6.61 Å². The summed E-state index contributed by atoms with van der Waals surface area (Å²) in [6.45, 7) is 5.33. The van der Waals surface area contributed by atoms with Crippen molar-refractivity contribution in [2.75, 3.05) is 50.6 Å². The van der Waals surface area contributed by atoms with Crippen molar-refractivity contribution < 1.29 is 9.53 Å². The molecule has 1 N–H and O–H groups in total. The van der Waals surface area contributed by atoms with Crippen LogP contribution < -0.4 is 15.0 Å². The lowest BCUT2D eigenvalue weighted by molar-refractivity contribution is 0.102. The molecular weight excluding hydrogens is 462 g/mol. The number of hydrogen-bond acceptors (Lipinski definition) is 6. The van der Waals surface area contributed by atoms with E-state index in [0.29, 0.717) is 23.7 Å². The topological polar surface area (TPSA) is 70.6 Å². The molecular formula is C30H33N5O2. The maximum absolute atomic E-state index is 13.0. The predicted octanol–water partition coefficient (Wildman–Crippen LogP) is 5.40. The SMILES string of the molecule is Cc1ccccc1-c1ccc(C(=O)Nc2ccc3nc(OCCN(C)C)c(N4CCCC4)nc3c2)cc1. The molecule has 1 aromatic heterocycles. The standard InChI is InChI=1S/C30H33N5O2/c1-21-8-4-5-9-25(21)22-10-12-23(13-11-22)29(36)31-24-14-15-26-27(20-24)32-28(35-16-6-7-17-35)30(33-26)37-19-18-34(2)3/h4-5,8-15,20H,6-7,16-19H2,1-3H3,(H,31,36). The fourth-order valence-corrected chi connectivity index (χ4v) is 4.56. The number of nitrogens with one attached hydrogen (secondary N) is 1. The summed E-state index contributed by atoms with van der Waals surface area (Å²) < 4.78 is 6.04. The van der Waals surface area contributed by atoms with Crippen LogP contribution >= 0.6 is 0 Å². The second-order valence-corrected chi connectivity index (χ2v) is 9.75. The number of rotatable bonds is 8. The molecule has 5 rings (SSSR count). The van der Waals surface area contributed by atoms with Crippen molar-refractivity contribution in [3.8, 4) is 17.0 Å². The number of fused-ring (bicyclic) bond motifs is 1. The zero-order valence-electron chi connectivity index (χ0n) is 21.7. The summed E-state index contributed by atoms with van der Waals surface area (Å²) in [7, 11) is 4.04. The van der Waals surface area contributed by atoms with Gasteiger partial charge in [0.05, 0.1) is 11.0 Å². The average molecular weight is 496 g/mol. The number of aromatic nitrogens is 2. The number of benzene rings is 3. The Morgan fingerprint density at radius 3 is 2.46 bits per heavy atom. The monoisotopic (exact) mass is 495 g/mol. The third-order valence-electron chi connectivity index (χ3n) is 6.66. The highest BCUT2D eigenvalue weighted by Crippen LogP contribution is 2.31. The highest BCUT2D eigenvalue weighted by molar-refractivity contribution is 6.05. The fraction of sp³-hybridized carbons (Fsp3) is 0.300. The molecule has 4 aromatic rings. The van der Waals surface area contributed by atoms with Gasteiger partial charge in [-0.2, -0.15) is 0 Å². The number of carbonyl (C=O) groups excluding carboxylic acids is 1. The lowest BCUT2D eigenvalue weighted by atomic mass is 9.99. The summed E-state index contributed by atoms with van der Waals surface area (Å²) in [6.07, 6.45) is 2.27. The summed E-state index contributed by atoms with van der Waals surface area (Å²) in [6, 6.07) is 21.6. The van der Waals surface area contributed by atoms with E-state index < -0.39 is 0 Å². The molecule has 1 aliphatic heterocycles. The summed E-state index contributed by atoms with van der Waals surface area (Å²) >= 11 is 0. The normalized spacial score (nSPS) is 13.4. The first-order chi connectivity index (χ1) is 18.0. The first-order valence-corrected chi connectivity index (χ1v) is 12.8. The van der Waals surface area contributed by atoms with E-state index in [2.05, 4.69) is 34.2 Å². The molecule has 1 amide bonds. The first kappa shape index (κ1) is 24.7. The summed E-state index contributed by atoms with van der Waals surface area (Å²) in [5.74, 6) is 1.19. The Bertz CT molecular complexity index is 1400. The first-order valence-electron chi connectivity index (χ1n) is 12.8. The molecule has 1 aliphatic rings. The van der Waals surface area contributed by atoms with Crippen molar-refractivity contribution in [1.82, 2.24) is 14.9 Å². The number of nitrogens with zero attached hydrogens (tertiary/aromatic N) is 4. The highest BCUT2D eigenvalue weighted by Gasteiger charge is 2.21. The van der Waals surface area contributed by atoms with Crippen LogP contribution in [0, 0.1) is 6.92 Å². The number of likely N-dealkylation sites (N-methyl/N-ethyl adjacent to an activating group) is 1. The van der Waals surface area contributed by atoms with Crippen LogP contribution in [0.1, 0.15) is 28.8 Å². The van der Waals surface area contributed by atoms with Gasteiger partial charge in [0.25, 0.3) is 11.8 Å². The van der Waals surface area contributed by atoms with E-state index in [9.17, 15) is 4.79 Å². The lowest BCUT2D eigenvalue weighted by Crippen LogP contribution is -2.23. The summed E-state index contributed by atoms with van der Waals surface area (Å²) in [4.78, 5) is 27.0. The van der Waals surface area contributed by atoms with Gasteiger partial charge in [0.2, 0.25) is 0 Å². The molecule has 3 aromatic carbocycles. The third kappa shape index (κ3) is 5.73. The van der Waals surface area contributed by atoms with Crippen molar-refractivity contribution in [3.63, 3.8) is 0 Å². The maximum Gasteiger partial charge on any atom is 0.258 e. The van der Waals surface area contributed by atoms with Gasteiger partial charge >= 0.3 is 0 Å². The molecule has 0 aliphatic carbocycles. The minimum atomic E-state index is -0.160. The molecule has 190 valence electrons. The van der Waals surface area contributed by atoms with Gasteiger partial charge in [-0.25, -0.2) is 9.97 Å². The van der Waals surface area contributed by atoms with Crippen LogP contribution in [0.15, 0.2) is 66.7 Å². The molecule has 0 atom stereocenters. The van der Waals surface area contributed by atoms with Crippen molar-refractivity contribution >= 4 is 28.4 Å². The Labute approximate surface area is 218 Å². The van der Waals surface area contributed by atoms with Gasteiger partial charge in [-0.15, -0.1) is 0 Å². The number of aryl methyl sites for hydroxylation is 1. The molecule has 0 spiro atoms. The maximum atomic E-state index is 13.0. The van der Waals surface area contributed by atoms with Crippen LogP contribution in [0.3, 0.4) is 0 Å². The molecule has 1 fully saturated rings. The molecule has 37 heavy (non-hydrogen) atoms. The third-order valence-corrected chi connectivity index (χ3v) is 6.66. The van der Waals surface area contributed by atoms with Gasteiger partial charge in [-0.3, -0.25) is 4.79 Å². The van der Waals surface area contributed by atoms with Crippen LogP contribution in [-0.4, -0.2) is 61.1 Å². The molecule has 0 bridgehead atoms. The van der Waals surface area contributed by atoms with Gasteiger partial charge in [0.15, 0.2) is 5.82 Å². The van der Waals surface area contributed by atoms with E-state index in [0.717, 1.165) is 54.9 Å². The van der Waals surface area contributed by atoms with Gasteiger partial charge in [0, 0.05) is 30.9 Å². The minimum Gasteiger partial charge on any atom is -0.474 e. The number of anilines is 2. The number of carbonyl (C=O) groups is 1. The minimum absolute atomic E-state index is 0.160. The van der Waals surface area contributed by atoms with Crippen molar-refractivity contribution in [2.45, 2.75) is 19.8 Å². The molecule has 1 saturated heterocycles. The predicted molar refractivity (Wildman–Crippen MR) is 150 cm³/mol. The zero-order chi connectivity index (χ0) is 25.8. The lowest BCUT2D eigenvalue weighted by Gasteiger charge is -2.20. The molecule has 7 nitrogen and oxygen atoms in total. The summed E-state index contributed by atoms with van der Waals surface area (Å²) in [5, 5.41) is 3.01. The Hall–Kier alpha value is -3.97. The quantitative estimate of drug-likeness (QED) is 0.353. The van der Waals surface area contributed by atoms with E-state index in [1.54, 1.807) is 0 Å². The molecule has 0 radical (unpaired) electrons. The second kappa shape index (κ2) is 11.0. The smallest absolute Gasteiger partial charge is 0.258 e. The summed E-state index contributed by atoms with van der Waals surface area (Å²) in [5.41, 5.74) is 6.22. The number of hydrogen-bond donors (Lipinski definition) is 1. The van der Waals surface area contributed by atoms with Crippen molar-refractivity contribution in [2.24, 2.45) is 0 Å². The van der Waals surface area contributed by atoms with E-state index in [1.807, 2.05) is 68.7 Å². The van der Waals surface area contributed by atoms with Crippen LogP contribution in [0.4, 0.5) is 11.5 Å². The molecule has 7 heteroatoms. The molecule has 2 heterocycles. The largest absolute Gasteiger partial charge is 0.474 e. The average Bonchev–Trinajstić information content (AvgIpc) is 3.43.